The van der Waals surface area contributed by atoms with Crippen molar-refractivity contribution in [1.29, 1.82) is 0 Å². The van der Waals surface area contributed by atoms with E-state index in [2.05, 4.69) is 35.5 Å². The van der Waals surface area contributed by atoms with Gasteiger partial charge in [-0.15, -0.1) is 0 Å². The molecule has 1 saturated carbocycles. The zero-order valence-corrected chi connectivity index (χ0v) is 22.2. The molecule has 1 aromatic carbocycles. The molecule has 1 fully saturated rings. The molecular weight excluding hydrogens is 521 g/mol. The summed E-state index contributed by atoms with van der Waals surface area (Å²) in [5, 5.41) is 12.4. The average molecular weight is 548 g/mol. The van der Waals surface area contributed by atoms with Crippen LogP contribution in [0.2, 0.25) is 0 Å². The summed E-state index contributed by atoms with van der Waals surface area (Å²) >= 11 is 0. The Morgan fingerprint density at radius 3 is 2.63 bits per heavy atom. The maximum Gasteiger partial charge on any atom is 0.227 e. The number of nitrogens with one attached hydrogen (secondary N) is 3. The van der Waals surface area contributed by atoms with Crippen LogP contribution in [0, 0.1) is 11.7 Å². The third kappa shape index (κ3) is 4.67. The Morgan fingerprint density at radius 2 is 1.78 bits per heavy atom. The maximum atomic E-state index is 14.3. The highest BCUT2D eigenvalue weighted by atomic mass is 19.1. The van der Waals surface area contributed by atoms with Gasteiger partial charge in [-0.2, -0.15) is 5.10 Å². The third-order valence-electron chi connectivity index (χ3n) is 7.69. The first kappa shape index (κ1) is 24.9. The number of amides is 1. The minimum atomic E-state index is -0.387. The van der Waals surface area contributed by atoms with Crippen molar-refractivity contribution >= 4 is 33.4 Å². The van der Waals surface area contributed by atoms with Gasteiger partial charge >= 0.3 is 0 Å². The van der Waals surface area contributed by atoms with E-state index in [1.54, 1.807) is 37.1 Å². The Kier molecular flexibility index (Phi) is 6.15. The van der Waals surface area contributed by atoms with Gasteiger partial charge in [0.25, 0.3) is 0 Å². The van der Waals surface area contributed by atoms with Crippen molar-refractivity contribution in [3.8, 4) is 39.5 Å². The van der Waals surface area contributed by atoms with E-state index in [1.807, 2.05) is 18.2 Å². The molecule has 0 radical (unpaired) electrons. The summed E-state index contributed by atoms with van der Waals surface area (Å²) in [6, 6.07) is 10.4. The van der Waals surface area contributed by atoms with E-state index in [0.717, 1.165) is 64.3 Å². The lowest BCUT2D eigenvalue weighted by Gasteiger charge is -2.11. The molecule has 5 heterocycles. The number of pyridine rings is 3. The van der Waals surface area contributed by atoms with E-state index in [-0.39, 0.29) is 17.6 Å². The number of fused-ring (bicyclic) bond motifs is 2. The van der Waals surface area contributed by atoms with Crippen LogP contribution in [-0.2, 0) is 4.79 Å². The van der Waals surface area contributed by atoms with Gasteiger partial charge in [-0.05, 0) is 48.7 Å². The van der Waals surface area contributed by atoms with Crippen molar-refractivity contribution in [2.75, 3.05) is 12.4 Å². The smallest absolute Gasteiger partial charge is 0.227 e. The molecule has 0 spiro atoms. The van der Waals surface area contributed by atoms with E-state index in [0.29, 0.717) is 28.4 Å². The van der Waals surface area contributed by atoms with Gasteiger partial charge in [-0.1, -0.05) is 12.8 Å². The topological polar surface area (TPSA) is 121 Å². The number of ether oxygens (including phenoxy) is 1. The summed E-state index contributed by atoms with van der Waals surface area (Å²) in [6.07, 6.45) is 12.6. The van der Waals surface area contributed by atoms with Crippen molar-refractivity contribution in [2.24, 2.45) is 5.92 Å². The molecule has 1 aliphatic rings. The van der Waals surface area contributed by atoms with Crippen molar-refractivity contribution < 1.29 is 13.9 Å². The van der Waals surface area contributed by atoms with Crippen molar-refractivity contribution in [3.05, 3.63) is 73.2 Å². The van der Waals surface area contributed by atoms with Gasteiger partial charge in [0, 0.05) is 46.3 Å². The predicted molar refractivity (Wildman–Crippen MR) is 155 cm³/mol. The van der Waals surface area contributed by atoms with E-state index in [9.17, 15) is 9.18 Å². The minimum absolute atomic E-state index is 0.0475. The van der Waals surface area contributed by atoms with E-state index >= 15 is 0 Å². The van der Waals surface area contributed by atoms with Gasteiger partial charge in [0.05, 0.1) is 53.8 Å². The molecule has 1 amide bonds. The van der Waals surface area contributed by atoms with Crippen LogP contribution in [0.1, 0.15) is 25.7 Å². The Bertz CT molecular complexity index is 1920. The molecule has 0 unspecified atom stereocenters. The number of anilines is 1. The quantitative estimate of drug-likeness (QED) is 0.219. The molecule has 0 saturated heterocycles. The van der Waals surface area contributed by atoms with Crippen molar-refractivity contribution in [3.63, 3.8) is 0 Å². The van der Waals surface area contributed by atoms with Gasteiger partial charge in [0.2, 0.25) is 5.91 Å². The number of carbonyl (C=O) groups excluding carboxylic acids is 1. The highest BCUT2D eigenvalue weighted by Gasteiger charge is 2.23. The lowest BCUT2D eigenvalue weighted by Crippen LogP contribution is -2.20. The number of nitrogens with zero attached hydrogens (tertiary/aromatic N) is 4. The van der Waals surface area contributed by atoms with Gasteiger partial charge < -0.3 is 15.0 Å². The lowest BCUT2D eigenvalue weighted by molar-refractivity contribution is -0.119. The standard InChI is InChI=1S/C31H26FN7O2/c1-41-22-8-18(6-20(32)9-22)25-14-34-15-28-23(25)10-27(37-28)30-24-11-26(35-16-29(24)38-39-30)19-7-21(13-33-12-19)36-31(40)17-4-2-3-5-17/h6-17,37H,2-5H2,1H3,(H,36,40)(H,38,39). The number of aromatic nitrogens is 6. The highest BCUT2D eigenvalue weighted by Crippen LogP contribution is 2.36. The van der Waals surface area contributed by atoms with Crippen LogP contribution in [0.15, 0.2) is 67.4 Å². The molecule has 0 bridgehead atoms. The third-order valence-corrected chi connectivity index (χ3v) is 7.69. The number of methoxy groups -OCH3 is 1. The number of hydrogen-bond acceptors (Lipinski definition) is 6. The molecule has 5 aromatic heterocycles. The minimum Gasteiger partial charge on any atom is -0.497 e. The summed E-state index contributed by atoms with van der Waals surface area (Å²) in [5.74, 6) is 0.160. The molecule has 1 aliphatic carbocycles. The second kappa shape index (κ2) is 10.1. The first-order valence-corrected chi connectivity index (χ1v) is 13.5. The maximum absolute atomic E-state index is 14.3. The van der Waals surface area contributed by atoms with Gasteiger partial charge in [0.1, 0.15) is 17.3 Å². The Balaban J connectivity index is 1.25. The van der Waals surface area contributed by atoms with Crippen LogP contribution in [0.3, 0.4) is 0 Å². The lowest BCUT2D eigenvalue weighted by atomic mass is 10.0. The largest absolute Gasteiger partial charge is 0.497 e. The number of aromatic amines is 2. The Hall–Kier alpha value is -5.12. The first-order valence-electron chi connectivity index (χ1n) is 13.5. The summed E-state index contributed by atoms with van der Waals surface area (Å²) in [7, 11) is 1.51. The van der Waals surface area contributed by atoms with Gasteiger partial charge in [0.15, 0.2) is 0 Å². The van der Waals surface area contributed by atoms with Crippen molar-refractivity contribution in [1.82, 2.24) is 30.1 Å². The predicted octanol–water partition coefficient (Wildman–Crippen LogP) is 6.51. The fraction of sp³-hybridized carbons (Fsp3) is 0.194. The van der Waals surface area contributed by atoms with Crippen LogP contribution >= 0.6 is 0 Å². The monoisotopic (exact) mass is 547 g/mol. The summed E-state index contributed by atoms with van der Waals surface area (Å²) in [4.78, 5) is 29.4. The molecule has 204 valence electrons. The van der Waals surface area contributed by atoms with E-state index in [1.165, 1.54) is 19.2 Å². The number of halogens is 1. The second-order valence-corrected chi connectivity index (χ2v) is 10.3. The van der Waals surface area contributed by atoms with Gasteiger partial charge in [-0.3, -0.25) is 24.8 Å². The molecule has 10 heteroatoms. The number of carbonyl (C=O) groups is 1. The van der Waals surface area contributed by atoms with Crippen LogP contribution in [0.5, 0.6) is 5.75 Å². The molecule has 0 atom stereocenters. The van der Waals surface area contributed by atoms with E-state index < -0.39 is 0 Å². The van der Waals surface area contributed by atoms with Crippen LogP contribution in [0.25, 0.3) is 55.6 Å². The summed E-state index contributed by atoms with van der Waals surface area (Å²) < 4.78 is 19.6. The van der Waals surface area contributed by atoms with Gasteiger partial charge in [-0.25, -0.2) is 4.39 Å². The fourth-order valence-corrected chi connectivity index (χ4v) is 5.61. The Morgan fingerprint density at radius 1 is 0.927 bits per heavy atom. The SMILES string of the molecule is COc1cc(F)cc(-c2cncc3[nH]c(-c4n[nH]c5cnc(-c6cncc(NC(=O)C7CCCC7)c6)cc45)cc23)c1. The second-order valence-electron chi connectivity index (χ2n) is 10.3. The Labute approximate surface area is 234 Å². The molecule has 0 aliphatic heterocycles. The molecule has 9 nitrogen and oxygen atoms in total. The number of rotatable bonds is 6. The van der Waals surface area contributed by atoms with E-state index in [4.69, 9.17) is 4.74 Å². The molecule has 7 rings (SSSR count). The fourth-order valence-electron chi connectivity index (χ4n) is 5.61. The van der Waals surface area contributed by atoms with Crippen LogP contribution in [0.4, 0.5) is 10.1 Å². The number of benzene rings is 1. The molecular formula is C31H26FN7O2. The van der Waals surface area contributed by atoms with Crippen LogP contribution in [-0.4, -0.2) is 43.2 Å². The average Bonchev–Trinajstić information content (AvgIpc) is 3.76. The summed E-state index contributed by atoms with van der Waals surface area (Å²) in [5.41, 5.74) is 6.62. The first-order chi connectivity index (χ1) is 20.1. The molecule has 3 N–H and O–H groups in total. The normalized spacial score (nSPS) is 13.7. The number of H-pyrrole nitrogens is 2. The molecule has 41 heavy (non-hydrogen) atoms. The zero-order chi connectivity index (χ0) is 27.9. The van der Waals surface area contributed by atoms with Crippen molar-refractivity contribution in [2.45, 2.75) is 25.7 Å². The highest BCUT2D eigenvalue weighted by molar-refractivity contribution is 6.01. The summed E-state index contributed by atoms with van der Waals surface area (Å²) in [6.45, 7) is 0. The zero-order valence-electron chi connectivity index (χ0n) is 22.2. The number of hydrogen-bond donors (Lipinski definition) is 3. The van der Waals surface area contributed by atoms with Crippen LogP contribution < -0.4 is 10.1 Å². The molecule has 6 aromatic rings.